The molecular weight excluding hydrogens is 270 g/mol. The first-order valence-corrected chi connectivity index (χ1v) is 8.37. The Hall–Kier alpha value is -0.840. The van der Waals surface area contributed by atoms with Crippen LogP contribution in [0.1, 0.15) is 58.8 Å². The van der Waals surface area contributed by atoms with E-state index in [-0.39, 0.29) is 16.9 Å². The number of hydrogen-bond donors (Lipinski definition) is 3. The van der Waals surface area contributed by atoms with Crippen LogP contribution in [0.25, 0.3) is 0 Å². The summed E-state index contributed by atoms with van der Waals surface area (Å²) in [5.41, 5.74) is -0.135. The molecule has 2 aliphatic heterocycles. The molecule has 4 unspecified atom stereocenters. The number of rotatable bonds is 4. The zero-order valence-electron chi connectivity index (χ0n) is 12.4. The van der Waals surface area contributed by atoms with E-state index in [0.717, 1.165) is 50.1 Å². The summed E-state index contributed by atoms with van der Waals surface area (Å²) in [5, 5.41) is 10.8. The van der Waals surface area contributed by atoms with E-state index >= 15 is 0 Å². The third-order valence-electron chi connectivity index (χ3n) is 5.83. The molecule has 3 fully saturated rings. The normalized spacial score (nSPS) is 42.5. The molecule has 0 bridgehead atoms. The van der Waals surface area contributed by atoms with E-state index in [1.54, 1.807) is 0 Å². The SMILES string of the molecule is CCCCC1(CC)C(=O)NC12CCC1NC(=S)NC1C2. The molecule has 3 N–H and O–H groups in total. The Labute approximate surface area is 126 Å². The van der Waals surface area contributed by atoms with Gasteiger partial charge in [0, 0.05) is 6.04 Å². The van der Waals surface area contributed by atoms with E-state index in [1.807, 2.05) is 0 Å². The summed E-state index contributed by atoms with van der Waals surface area (Å²) < 4.78 is 0. The van der Waals surface area contributed by atoms with Crippen LogP contribution in [-0.4, -0.2) is 28.6 Å². The largest absolute Gasteiger partial charge is 0.358 e. The first kappa shape index (κ1) is 14.1. The quantitative estimate of drug-likeness (QED) is 0.547. The third kappa shape index (κ3) is 1.78. The second-order valence-corrected chi connectivity index (χ2v) is 7.06. The van der Waals surface area contributed by atoms with Crippen molar-refractivity contribution in [1.82, 2.24) is 16.0 Å². The van der Waals surface area contributed by atoms with Crippen LogP contribution < -0.4 is 16.0 Å². The lowest BCUT2D eigenvalue weighted by Gasteiger charge is -2.62. The predicted molar refractivity (Wildman–Crippen MR) is 83.4 cm³/mol. The van der Waals surface area contributed by atoms with Gasteiger partial charge >= 0.3 is 0 Å². The van der Waals surface area contributed by atoms with Crippen molar-refractivity contribution in [2.24, 2.45) is 5.41 Å². The van der Waals surface area contributed by atoms with Crippen LogP contribution in [-0.2, 0) is 4.79 Å². The highest BCUT2D eigenvalue weighted by molar-refractivity contribution is 7.80. The molecule has 1 spiro atoms. The first-order valence-electron chi connectivity index (χ1n) is 7.96. The fourth-order valence-corrected chi connectivity index (χ4v) is 4.90. The monoisotopic (exact) mass is 295 g/mol. The summed E-state index contributed by atoms with van der Waals surface area (Å²) >= 11 is 5.23. The minimum absolute atomic E-state index is 0.00377. The lowest BCUT2D eigenvalue weighted by atomic mass is 9.52. The van der Waals surface area contributed by atoms with Gasteiger partial charge in [0.15, 0.2) is 5.11 Å². The van der Waals surface area contributed by atoms with E-state index < -0.39 is 0 Å². The lowest BCUT2D eigenvalue weighted by Crippen LogP contribution is -2.79. The maximum absolute atomic E-state index is 12.3. The predicted octanol–water partition coefficient (Wildman–Crippen LogP) is 1.84. The average molecular weight is 295 g/mol. The van der Waals surface area contributed by atoms with Gasteiger partial charge in [-0.05, 0) is 44.3 Å². The molecule has 3 aliphatic rings. The Bertz CT molecular complexity index is 441. The van der Waals surface area contributed by atoms with Crippen LogP contribution in [0.2, 0.25) is 0 Å². The van der Waals surface area contributed by atoms with Crippen molar-refractivity contribution in [3.05, 3.63) is 0 Å². The van der Waals surface area contributed by atoms with Crippen molar-refractivity contribution < 1.29 is 4.79 Å². The van der Waals surface area contributed by atoms with Crippen molar-refractivity contribution in [2.45, 2.75) is 76.4 Å². The lowest BCUT2D eigenvalue weighted by molar-refractivity contribution is -0.163. The molecule has 4 atom stereocenters. The molecule has 4 nitrogen and oxygen atoms in total. The number of carbonyl (C=O) groups is 1. The van der Waals surface area contributed by atoms with Gasteiger partial charge in [-0.15, -0.1) is 0 Å². The number of β-lactam (4-membered cyclic amide) rings is 1. The first-order chi connectivity index (χ1) is 9.57. The van der Waals surface area contributed by atoms with Crippen molar-refractivity contribution in [1.29, 1.82) is 0 Å². The molecule has 0 aromatic heterocycles. The summed E-state index contributed by atoms with van der Waals surface area (Å²) in [7, 11) is 0. The molecule has 2 saturated heterocycles. The van der Waals surface area contributed by atoms with Crippen LogP contribution >= 0.6 is 12.2 Å². The smallest absolute Gasteiger partial charge is 0.229 e. The average Bonchev–Trinajstić information content (AvgIpc) is 2.79. The van der Waals surface area contributed by atoms with E-state index in [9.17, 15) is 4.79 Å². The van der Waals surface area contributed by atoms with Crippen molar-refractivity contribution >= 4 is 23.2 Å². The minimum Gasteiger partial charge on any atom is -0.358 e. The topological polar surface area (TPSA) is 53.2 Å². The fourth-order valence-electron chi connectivity index (χ4n) is 4.59. The number of amides is 1. The molecule has 0 aromatic carbocycles. The zero-order chi connectivity index (χ0) is 14.4. The Morgan fingerprint density at radius 1 is 1.30 bits per heavy atom. The number of unbranched alkanes of at least 4 members (excludes halogenated alkanes) is 1. The molecule has 1 saturated carbocycles. The van der Waals surface area contributed by atoms with Gasteiger partial charge in [-0.25, -0.2) is 0 Å². The van der Waals surface area contributed by atoms with E-state index in [1.165, 1.54) is 0 Å². The van der Waals surface area contributed by atoms with Crippen LogP contribution in [0.15, 0.2) is 0 Å². The number of fused-ring (bicyclic) bond motifs is 1. The highest BCUT2D eigenvalue weighted by atomic mass is 32.1. The Kier molecular flexibility index (Phi) is 3.43. The van der Waals surface area contributed by atoms with Gasteiger partial charge in [0.25, 0.3) is 0 Å². The summed E-state index contributed by atoms with van der Waals surface area (Å²) in [6.07, 6.45) is 7.45. The fraction of sp³-hybridized carbons (Fsp3) is 0.867. The molecule has 5 heteroatoms. The minimum atomic E-state index is -0.139. The van der Waals surface area contributed by atoms with Crippen molar-refractivity contribution in [2.75, 3.05) is 0 Å². The van der Waals surface area contributed by atoms with Gasteiger partial charge in [0.05, 0.1) is 17.0 Å². The summed E-state index contributed by atoms with van der Waals surface area (Å²) in [5.74, 6) is 0.278. The molecule has 0 radical (unpaired) electrons. The molecule has 20 heavy (non-hydrogen) atoms. The number of nitrogens with one attached hydrogen (secondary N) is 3. The summed E-state index contributed by atoms with van der Waals surface area (Å²) in [6.45, 7) is 4.37. The van der Waals surface area contributed by atoms with Gasteiger partial charge in [-0.3, -0.25) is 4.79 Å². The number of hydrogen-bond acceptors (Lipinski definition) is 2. The van der Waals surface area contributed by atoms with E-state index in [0.29, 0.717) is 12.1 Å². The summed E-state index contributed by atoms with van der Waals surface area (Å²) in [4.78, 5) is 12.3. The highest BCUT2D eigenvalue weighted by Crippen LogP contribution is 2.54. The Morgan fingerprint density at radius 3 is 2.70 bits per heavy atom. The molecule has 1 aliphatic carbocycles. The van der Waals surface area contributed by atoms with Gasteiger partial charge in [0.2, 0.25) is 5.91 Å². The van der Waals surface area contributed by atoms with Crippen molar-refractivity contribution in [3.63, 3.8) is 0 Å². The second-order valence-electron chi connectivity index (χ2n) is 6.65. The standard InChI is InChI=1S/C15H25N3OS/c1-3-5-7-14(4-2)12(19)18-15(14)8-6-10-11(9-15)17-13(20)16-10/h10-11H,3-9H2,1-2H3,(H,18,19)(H2,16,17,20). The van der Waals surface area contributed by atoms with Gasteiger partial charge in [0.1, 0.15) is 0 Å². The van der Waals surface area contributed by atoms with E-state index in [2.05, 4.69) is 29.8 Å². The van der Waals surface area contributed by atoms with Crippen LogP contribution in [0.3, 0.4) is 0 Å². The van der Waals surface area contributed by atoms with Crippen molar-refractivity contribution in [3.8, 4) is 0 Å². The summed E-state index contributed by atoms with van der Waals surface area (Å²) in [6, 6.07) is 0.829. The number of thiocarbonyl (C=S) groups is 1. The van der Waals surface area contributed by atoms with Gasteiger partial charge in [-0.1, -0.05) is 26.7 Å². The Morgan fingerprint density at radius 2 is 2.05 bits per heavy atom. The maximum Gasteiger partial charge on any atom is 0.229 e. The van der Waals surface area contributed by atoms with E-state index in [4.69, 9.17) is 12.2 Å². The van der Waals surface area contributed by atoms with Gasteiger partial charge < -0.3 is 16.0 Å². The molecule has 0 aromatic rings. The molecule has 3 rings (SSSR count). The molecule has 2 heterocycles. The number of carbonyl (C=O) groups excluding carboxylic acids is 1. The van der Waals surface area contributed by atoms with Crippen LogP contribution in [0, 0.1) is 5.41 Å². The van der Waals surface area contributed by atoms with Crippen LogP contribution in [0.5, 0.6) is 0 Å². The molecule has 1 amide bonds. The Balaban J connectivity index is 1.81. The van der Waals surface area contributed by atoms with Crippen LogP contribution in [0.4, 0.5) is 0 Å². The molecule has 112 valence electrons. The second kappa shape index (κ2) is 4.86. The highest BCUT2D eigenvalue weighted by Gasteiger charge is 2.66. The van der Waals surface area contributed by atoms with Gasteiger partial charge in [-0.2, -0.15) is 0 Å². The molecular formula is C15H25N3OS. The third-order valence-corrected chi connectivity index (χ3v) is 6.07. The maximum atomic E-state index is 12.3. The zero-order valence-corrected chi connectivity index (χ0v) is 13.2.